The van der Waals surface area contributed by atoms with Crippen LogP contribution in [0.25, 0.3) is 0 Å². The summed E-state index contributed by atoms with van der Waals surface area (Å²) < 4.78 is 6.99. The summed E-state index contributed by atoms with van der Waals surface area (Å²) in [6, 6.07) is 18.4. The SMILES string of the molecule is COc1ccccc1[C@H]1c2sc(=O)n(CC(=O)Nc3ccc(Cl)c(Cl)c3)c2SC2C(=O)N(c3ccc(Cl)cc3)C(=O)C21. The number of rotatable bonds is 6. The van der Waals surface area contributed by atoms with Gasteiger partial charge in [-0.3, -0.25) is 23.7 Å². The highest BCUT2D eigenvalue weighted by Crippen LogP contribution is 2.55. The minimum atomic E-state index is -0.839. The number of carbonyl (C=O) groups is 3. The molecule has 1 N–H and O–H groups in total. The van der Waals surface area contributed by atoms with Crippen molar-refractivity contribution in [1.29, 1.82) is 0 Å². The van der Waals surface area contributed by atoms with E-state index in [1.165, 1.54) is 22.6 Å². The summed E-state index contributed by atoms with van der Waals surface area (Å²) >= 11 is 20.2. The van der Waals surface area contributed by atoms with Gasteiger partial charge in [-0.2, -0.15) is 0 Å². The maximum absolute atomic E-state index is 14.0. The second-order valence-corrected chi connectivity index (χ2v) is 12.9. The molecule has 1 saturated heterocycles. The largest absolute Gasteiger partial charge is 0.496 e. The number of halogens is 3. The molecule has 13 heteroatoms. The molecule has 0 radical (unpaired) electrons. The maximum Gasteiger partial charge on any atom is 0.308 e. The predicted octanol–water partition coefficient (Wildman–Crippen LogP) is 6.31. The summed E-state index contributed by atoms with van der Waals surface area (Å²) in [4.78, 5) is 55.7. The van der Waals surface area contributed by atoms with Crippen LogP contribution in [0, 0.1) is 5.92 Å². The Hall–Kier alpha value is -3.28. The van der Waals surface area contributed by atoms with Gasteiger partial charge in [-0.25, -0.2) is 4.90 Å². The summed E-state index contributed by atoms with van der Waals surface area (Å²) in [6.45, 7) is -0.309. The Bertz CT molecular complexity index is 1810. The highest BCUT2D eigenvalue weighted by molar-refractivity contribution is 8.00. The number of amides is 3. The molecular weight excluding hydrogens is 641 g/mol. The fourth-order valence-corrected chi connectivity index (χ4v) is 8.46. The van der Waals surface area contributed by atoms with E-state index in [1.807, 2.05) is 12.1 Å². The van der Waals surface area contributed by atoms with Gasteiger partial charge in [-0.1, -0.05) is 76.1 Å². The van der Waals surface area contributed by atoms with Crippen LogP contribution in [0.5, 0.6) is 5.75 Å². The minimum Gasteiger partial charge on any atom is -0.496 e. The second-order valence-electron chi connectivity index (χ2n) is 9.57. The second kappa shape index (κ2) is 11.4. The zero-order valence-electron chi connectivity index (χ0n) is 21.7. The quantitative estimate of drug-likeness (QED) is 0.244. The van der Waals surface area contributed by atoms with E-state index in [9.17, 15) is 19.2 Å². The first-order chi connectivity index (χ1) is 20.2. The number of nitrogens with one attached hydrogen (secondary N) is 1. The van der Waals surface area contributed by atoms with Gasteiger partial charge in [-0.15, -0.1) is 0 Å². The van der Waals surface area contributed by atoms with Crippen LogP contribution in [0.3, 0.4) is 0 Å². The number of fused-ring (bicyclic) bond motifs is 2. The van der Waals surface area contributed by atoms with E-state index in [4.69, 9.17) is 39.5 Å². The van der Waals surface area contributed by atoms with Crippen LogP contribution in [0.4, 0.5) is 11.4 Å². The van der Waals surface area contributed by atoms with E-state index >= 15 is 0 Å². The lowest BCUT2D eigenvalue weighted by molar-refractivity contribution is -0.122. The Kier molecular flexibility index (Phi) is 7.84. The number of hydrogen-bond donors (Lipinski definition) is 1. The fraction of sp³-hybridized carbons (Fsp3) is 0.172. The Morgan fingerprint density at radius 1 is 0.952 bits per heavy atom. The molecule has 3 aromatic carbocycles. The molecule has 1 fully saturated rings. The molecule has 1 aromatic heterocycles. The molecule has 2 aliphatic heterocycles. The van der Waals surface area contributed by atoms with E-state index in [2.05, 4.69) is 5.32 Å². The molecule has 3 heterocycles. The number of thioether (sulfide) groups is 1. The lowest BCUT2D eigenvalue weighted by Gasteiger charge is -2.31. The van der Waals surface area contributed by atoms with Crippen LogP contribution < -0.4 is 19.8 Å². The van der Waals surface area contributed by atoms with Gasteiger partial charge in [0.25, 0.3) is 0 Å². The first-order valence-electron chi connectivity index (χ1n) is 12.6. The number of ether oxygens (including phenoxy) is 1. The van der Waals surface area contributed by atoms with E-state index in [1.54, 1.807) is 48.5 Å². The first-order valence-corrected chi connectivity index (χ1v) is 15.4. The van der Waals surface area contributed by atoms with Crippen molar-refractivity contribution in [2.24, 2.45) is 5.92 Å². The number of anilines is 2. The number of imide groups is 1. The van der Waals surface area contributed by atoms with Crippen LogP contribution in [0.1, 0.15) is 16.4 Å². The van der Waals surface area contributed by atoms with Crippen molar-refractivity contribution in [2.75, 3.05) is 17.3 Å². The molecule has 2 unspecified atom stereocenters. The van der Waals surface area contributed by atoms with Gasteiger partial charge >= 0.3 is 4.87 Å². The van der Waals surface area contributed by atoms with Crippen LogP contribution in [0.2, 0.25) is 15.1 Å². The summed E-state index contributed by atoms with van der Waals surface area (Å²) in [7, 11) is 1.53. The van der Waals surface area contributed by atoms with Gasteiger partial charge in [0.05, 0.1) is 33.8 Å². The average Bonchev–Trinajstić information content (AvgIpc) is 3.41. The third kappa shape index (κ3) is 5.01. The zero-order valence-corrected chi connectivity index (χ0v) is 25.6. The van der Waals surface area contributed by atoms with Gasteiger partial charge in [0, 0.05) is 27.1 Å². The van der Waals surface area contributed by atoms with E-state index < -0.39 is 28.9 Å². The molecule has 0 aliphatic carbocycles. The third-order valence-electron chi connectivity index (χ3n) is 7.11. The predicted molar refractivity (Wildman–Crippen MR) is 166 cm³/mol. The standard InChI is InChI=1S/C29H20Cl3N3O5S2/c1-40-20-5-3-2-4-17(20)22-23-24(27(38)35(26(23)37)16-9-6-14(30)7-10-16)41-28-25(22)42-29(39)34(28)13-21(36)33-15-8-11-18(31)19(32)12-15/h2-12,22-24H,13H2,1H3,(H,33,36)/t22-,23?,24?/m1/s1. The summed E-state index contributed by atoms with van der Waals surface area (Å²) in [5, 5.41) is 3.45. The molecule has 2 aliphatic rings. The number of thiazole rings is 1. The molecule has 0 spiro atoms. The van der Waals surface area contributed by atoms with Crippen molar-refractivity contribution in [2.45, 2.75) is 22.7 Å². The molecule has 3 amide bonds. The van der Waals surface area contributed by atoms with Crippen LogP contribution in [-0.2, 0) is 20.9 Å². The summed E-state index contributed by atoms with van der Waals surface area (Å²) in [6.07, 6.45) is 0. The molecule has 0 saturated carbocycles. The molecular formula is C29H20Cl3N3O5S2. The van der Waals surface area contributed by atoms with Crippen molar-refractivity contribution in [3.63, 3.8) is 0 Å². The van der Waals surface area contributed by atoms with Gasteiger partial charge in [0.2, 0.25) is 17.7 Å². The van der Waals surface area contributed by atoms with E-state index in [0.29, 0.717) is 42.6 Å². The lowest BCUT2D eigenvalue weighted by atomic mass is 9.82. The molecule has 0 bridgehead atoms. The number of aromatic nitrogens is 1. The molecule has 8 nitrogen and oxygen atoms in total. The van der Waals surface area contributed by atoms with Crippen molar-refractivity contribution in [3.8, 4) is 5.75 Å². The molecule has 4 aromatic rings. The van der Waals surface area contributed by atoms with E-state index in [0.717, 1.165) is 23.1 Å². The minimum absolute atomic E-state index is 0.274. The summed E-state index contributed by atoms with van der Waals surface area (Å²) in [5.74, 6) is -2.20. The van der Waals surface area contributed by atoms with Crippen LogP contribution in [0.15, 0.2) is 76.6 Å². The number of hydrogen-bond acceptors (Lipinski definition) is 7. The molecule has 214 valence electrons. The summed E-state index contributed by atoms with van der Waals surface area (Å²) in [5.41, 5.74) is 1.50. The van der Waals surface area contributed by atoms with Crippen LogP contribution in [-0.4, -0.2) is 34.6 Å². The topological polar surface area (TPSA) is 97.7 Å². The van der Waals surface area contributed by atoms with Gasteiger partial charge in [0.1, 0.15) is 17.5 Å². The van der Waals surface area contributed by atoms with Gasteiger partial charge in [-0.05, 0) is 48.5 Å². The number of benzene rings is 3. The highest BCUT2D eigenvalue weighted by atomic mass is 35.5. The van der Waals surface area contributed by atoms with Crippen molar-refractivity contribution >= 4 is 87.0 Å². The number of carbonyl (C=O) groups excluding carboxylic acids is 3. The smallest absolute Gasteiger partial charge is 0.308 e. The normalized spacial score (nSPS) is 19.4. The number of para-hydroxylation sites is 1. The molecule has 6 rings (SSSR count). The monoisotopic (exact) mass is 659 g/mol. The third-order valence-corrected chi connectivity index (χ3v) is 10.7. The average molecular weight is 661 g/mol. The Morgan fingerprint density at radius 3 is 2.40 bits per heavy atom. The van der Waals surface area contributed by atoms with Gasteiger partial charge < -0.3 is 10.1 Å². The molecule has 42 heavy (non-hydrogen) atoms. The maximum atomic E-state index is 14.0. The van der Waals surface area contributed by atoms with Crippen molar-refractivity contribution in [1.82, 2.24) is 4.57 Å². The fourth-order valence-electron chi connectivity index (χ4n) is 5.28. The number of nitrogens with zero attached hydrogens (tertiary/aromatic N) is 2. The van der Waals surface area contributed by atoms with Crippen molar-refractivity contribution in [3.05, 3.63) is 102 Å². The van der Waals surface area contributed by atoms with Crippen molar-refractivity contribution < 1.29 is 19.1 Å². The molecule has 3 atom stereocenters. The van der Waals surface area contributed by atoms with Gasteiger partial charge in [0.15, 0.2) is 0 Å². The number of methoxy groups -OCH3 is 1. The van der Waals surface area contributed by atoms with E-state index in [-0.39, 0.29) is 22.3 Å². The highest BCUT2D eigenvalue weighted by Gasteiger charge is 2.57. The first kappa shape index (κ1) is 28.8. The van der Waals surface area contributed by atoms with Crippen LogP contribution >= 0.6 is 57.9 Å². The Morgan fingerprint density at radius 2 is 1.69 bits per heavy atom. The Labute approximate surface area is 263 Å². The Balaban J connectivity index is 1.42. The lowest BCUT2D eigenvalue weighted by Crippen LogP contribution is -2.33. The zero-order chi connectivity index (χ0) is 29.7.